The molecule has 94 valence electrons. The Morgan fingerprint density at radius 1 is 1.11 bits per heavy atom. The molecule has 2 rings (SSSR count). The van der Waals surface area contributed by atoms with Crippen molar-refractivity contribution >= 4 is 43.5 Å². The second-order valence-electron chi connectivity index (χ2n) is 3.55. The van der Waals surface area contributed by atoms with E-state index < -0.39 is 0 Å². The summed E-state index contributed by atoms with van der Waals surface area (Å²) in [6.07, 6.45) is 0. The third-order valence-electron chi connectivity index (χ3n) is 2.35. The fraction of sp³-hybridized carbons (Fsp3) is 0.0769. The van der Waals surface area contributed by atoms with Gasteiger partial charge in [0.15, 0.2) is 0 Å². The minimum absolute atomic E-state index is 0.164. The van der Waals surface area contributed by atoms with Crippen molar-refractivity contribution in [2.45, 2.75) is 6.61 Å². The fourth-order valence-electron chi connectivity index (χ4n) is 1.46. The standard InChI is InChI=1S/C13H9Br2ClO2/c14-8-4-5-13(10(15)6-8)18-12-3-1-2-11(16)9(12)7-17/h1-6,17H,7H2. The average Bonchev–Trinajstić information content (AvgIpc) is 2.33. The number of halogens is 3. The van der Waals surface area contributed by atoms with Crippen LogP contribution in [0.3, 0.4) is 0 Å². The number of rotatable bonds is 3. The van der Waals surface area contributed by atoms with Crippen LogP contribution in [0.4, 0.5) is 0 Å². The number of benzene rings is 2. The summed E-state index contributed by atoms with van der Waals surface area (Å²) in [6, 6.07) is 10.9. The van der Waals surface area contributed by atoms with Gasteiger partial charge in [-0.3, -0.25) is 0 Å². The maximum absolute atomic E-state index is 9.31. The van der Waals surface area contributed by atoms with Crippen LogP contribution in [0, 0.1) is 0 Å². The number of hydrogen-bond acceptors (Lipinski definition) is 2. The van der Waals surface area contributed by atoms with Crippen molar-refractivity contribution in [3.8, 4) is 11.5 Å². The molecule has 0 aromatic heterocycles. The third-order valence-corrected chi connectivity index (χ3v) is 3.81. The SMILES string of the molecule is OCc1c(Cl)cccc1Oc1ccc(Br)cc1Br. The van der Waals surface area contributed by atoms with E-state index in [1.807, 2.05) is 18.2 Å². The molecule has 0 atom stereocenters. The quantitative estimate of drug-likeness (QED) is 0.783. The Labute approximate surface area is 127 Å². The molecule has 2 aromatic carbocycles. The lowest BCUT2D eigenvalue weighted by Gasteiger charge is -2.12. The van der Waals surface area contributed by atoms with E-state index in [0.717, 1.165) is 8.95 Å². The lowest BCUT2D eigenvalue weighted by Crippen LogP contribution is -1.93. The summed E-state index contributed by atoms with van der Waals surface area (Å²) >= 11 is 12.8. The van der Waals surface area contributed by atoms with Crippen LogP contribution < -0.4 is 4.74 Å². The Kier molecular flexibility index (Phi) is 4.67. The molecule has 0 radical (unpaired) electrons. The second-order valence-corrected chi connectivity index (χ2v) is 5.73. The van der Waals surface area contributed by atoms with E-state index >= 15 is 0 Å². The maximum Gasteiger partial charge on any atom is 0.141 e. The number of aliphatic hydroxyl groups excluding tert-OH is 1. The smallest absolute Gasteiger partial charge is 0.141 e. The van der Waals surface area contributed by atoms with E-state index in [1.54, 1.807) is 18.2 Å². The predicted octanol–water partition coefficient (Wildman–Crippen LogP) is 5.15. The van der Waals surface area contributed by atoms with Gasteiger partial charge in [-0.05, 0) is 46.3 Å². The maximum atomic E-state index is 9.31. The Hall–Kier alpha value is -0.550. The molecule has 0 spiro atoms. The predicted molar refractivity (Wildman–Crippen MR) is 79.3 cm³/mol. The van der Waals surface area contributed by atoms with E-state index in [0.29, 0.717) is 22.1 Å². The summed E-state index contributed by atoms with van der Waals surface area (Å²) in [6.45, 7) is -0.164. The van der Waals surface area contributed by atoms with Crippen molar-refractivity contribution in [3.05, 3.63) is 55.9 Å². The van der Waals surface area contributed by atoms with Crippen LogP contribution in [-0.2, 0) is 6.61 Å². The number of hydrogen-bond donors (Lipinski definition) is 1. The van der Waals surface area contributed by atoms with Crippen molar-refractivity contribution < 1.29 is 9.84 Å². The first kappa shape index (κ1) is 13.9. The van der Waals surface area contributed by atoms with Crippen LogP contribution in [-0.4, -0.2) is 5.11 Å². The summed E-state index contributed by atoms with van der Waals surface area (Å²) < 4.78 is 7.53. The van der Waals surface area contributed by atoms with Gasteiger partial charge in [0.2, 0.25) is 0 Å². The highest BCUT2D eigenvalue weighted by Crippen LogP contribution is 2.35. The summed E-state index contributed by atoms with van der Waals surface area (Å²) in [5.74, 6) is 1.21. The molecule has 5 heteroatoms. The first-order valence-corrected chi connectivity index (χ1v) is 7.09. The van der Waals surface area contributed by atoms with Gasteiger partial charge >= 0.3 is 0 Å². The Morgan fingerprint density at radius 2 is 1.89 bits per heavy atom. The molecular weight excluding hydrogens is 383 g/mol. The number of aliphatic hydroxyl groups is 1. The molecule has 0 saturated heterocycles. The normalized spacial score (nSPS) is 10.4. The van der Waals surface area contributed by atoms with Crippen LogP contribution in [0.1, 0.15) is 5.56 Å². The molecule has 0 aliphatic rings. The van der Waals surface area contributed by atoms with E-state index in [4.69, 9.17) is 16.3 Å². The molecule has 0 bridgehead atoms. The number of ether oxygens (including phenoxy) is 1. The van der Waals surface area contributed by atoms with Gasteiger partial charge in [0.05, 0.1) is 11.1 Å². The van der Waals surface area contributed by atoms with Crippen molar-refractivity contribution in [3.63, 3.8) is 0 Å². The first-order valence-electron chi connectivity index (χ1n) is 5.13. The minimum atomic E-state index is -0.164. The van der Waals surface area contributed by atoms with Crippen molar-refractivity contribution in [2.24, 2.45) is 0 Å². The Bertz CT molecular complexity index is 573. The average molecular weight is 392 g/mol. The van der Waals surface area contributed by atoms with Crippen LogP contribution in [0.5, 0.6) is 11.5 Å². The summed E-state index contributed by atoms with van der Waals surface area (Å²) in [5.41, 5.74) is 0.578. The van der Waals surface area contributed by atoms with E-state index in [-0.39, 0.29) is 6.61 Å². The molecule has 18 heavy (non-hydrogen) atoms. The first-order chi connectivity index (χ1) is 8.61. The van der Waals surface area contributed by atoms with Gasteiger partial charge in [-0.1, -0.05) is 33.6 Å². The molecule has 0 aliphatic carbocycles. The molecule has 0 heterocycles. The topological polar surface area (TPSA) is 29.5 Å². The van der Waals surface area contributed by atoms with E-state index in [2.05, 4.69) is 31.9 Å². The Morgan fingerprint density at radius 3 is 2.56 bits per heavy atom. The van der Waals surface area contributed by atoms with Gasteiger partial charge in [-0.2, -0.15) is 0 Å². The van der Waals surface area contributed by atoms with E-state index in [1.165, 1.54) is 0 Å². The van der Waals surface area contributed by atoms with Gasteiger partial charge in [0.1, 0.15) is 11.5 Å². The van der Waals surface area contributed by atoms with Gasteiger partial charge in [-0.25, -0.2) is 0 Å². The molecule has 0 amide bonds. The zero-order valence-electron chi connectivity index (χ0n) is 9.16. The van der Waals surface area contributed by atoms with Crippen molar-refractivity contribution in [2.75, 3.05) is 0 Å². The van der Waals surface area contributed by atoms with Crippen molar-refractivity contribution in [1.82, 2.24) is 0 Å². The minimum Gasteiger partial charge on any atom is -0.456 e. The van der Waals surface area contributed by atoms with Gasteiger partial charge in [0, 0.05) is 15.1 Å². The highest BCUT2D eigenvalue weighted by atomic mass is 79.9. The van der Waals surface area contributed by atoms with Crippen molar-refractivity contribution in [1.29, 1.82) is 0 Å². The monoisotopic (exact) mass is 390 g/mol. The highest BCUT2D eigenvalue weighted by molar-refractivity contribution is 9.11. The molecule has 2 aromatic rings. The summed E-state index contributed by atoms with van der Waals surface area (Å²) in [5, 5.41) is 9.80. The zero-order valence-corrected chi connectivity index (χ0v) is 13.1. The molecule has 1 N–H and O–H groups in total. The van der Waals surface area contributed by atoms with Crippen LogP contribution >= 0.6 is 43.5 Å². The largest absolute Gasteiger partial charge is 0.456 e. The zero-order chi connectivity index (χ0) is 13.1. The Balaban J connectivity index is 2.37. The highest BCUT2D eigenvalue weighted by Gasteiger charge is 2.10. The fourth-order valence-corrected chi connectivity index (χ4v) is 2.82. The molecule has 0 aliphatic heterocycles. The molecule has 0 saturated carbocycles. The second kappa shape index (κ2) is 6.06. The third kappa shape index (κ3) is 3.06. The summed E-state index contributed by atoms with van der Waals surface area (Å²) in [7, 11) is 0. The lowest BCUT2D eigenvalue weighted by molar-refractivity contribution is 0.276. The van der Waals surface area contributed by atoms with Gasteiger partial charge in [-0.15, -0.1) is 0 Å². The van der Waals surface area contributed by atoms with Crippen LogP contribution in [0.2, 0.25) is 5.02 Å². The van der Waals surface area contributed by atoms with Gasteiger partial charge in [0.25, 0.3) is 0 Å². The summed E-state index contributed by atoms with van der Waals surface area (Å²) in [4.78, 5) is 0. The lowest BCUT2D eigenvalue weighted by atomic mass is 10.2. The molecule has 0 unspecified atom stereocenters. The molecule has 0 fully saturated rings. The van der Waals surface area contributed by atoms with Gasteiger partial charge < -0.3 is 9.84 Å². The molecular formula is C13H9Br2ClO2. The van der Waals surface area contributed by atoms with E-state index in [9.17, 15) is 5.11 Å². The van der Waals surface area contributed by atoms with Crippen LogP contribution in [0.25, 0.3) is 0 Å². The molecule has 2 nitrogen and oxygen atoms in total. The van der Waals surface area contributed by atoms with Crippen LogP contribution in [0.15, 0.2) is 45.3 Å².